The van der Waals surface area contributed by atoms with Crippen LogP contribution in [0.15, 0.2) is 48.5 Å². The minimum atomic E-state index is -1.19. The van der Waals surface area contributed by atoms with Gasteiger partial charge in [-0.05, 0) is 22.3 Å². The molecule has 1 fully saturated rings. The molecule has 0 unspecified atom stereocenters. The average Bonchev–Trinajstić information content (AvgIpc) is 3.18. The molecular formula is C20H17NO5. The van der Waals surface area contributed by atoms with E-state index >= 15 is 0 Å². The normalized spacial score (nSPS) is 18.5. The monoisotopic (exact) mass is 351 g/mol. The lowest BCUT2D eigenvalue weighted by Crippen LogP contribution is -2.41. The number of ketones is 1. The number of aliphatic carboxylic acids is 1. The van der Waals surface area contributed by atoms with Crippen LogP contribution in [0.2, 0.25) is 0 Å². The molecule has 26 heavy (non-hydrogen) atoms. The number of carbonyl (C=O) groups is 3. The Kier molecular flexibility index (Phi) is 3.95. The van der Waals surface area contributed by atoms with Gasteiger partial charge in [-0.1, -0.05) is 48.5 Å². The molecule has 1 heterocycles. The van der Waals surface area contributed by atoms with Gasteiger partial charge in [0.15, 0.2) is 5.78 Å². The van der Waals surface area contributed by atoms with Gasteiger partial charge >= 0.3 is 12.1 Å². The summed E-state index contributed by atoms with van der Waals surface area (Å²) in [6.45, 7) is -0.114. The highest BCUT2D eigenvalue weighted by molar-refractivity contribution is 5.95. The Hall–Kier alpha value is -3.15. The first-order valence-electron chi connectivity index (χ1n) is 8.42. The summed E-state index contributed by atoms with van der Waals surface area (Å²) in [6, 6.07) is 14.8. The fourth-order valence-corrected chi connectivity index (χ4v) is 3.78. The molecule has 0 radical (unpaired) electrons. The highest BCUT2D eigenvalue weighted by Crippen LogP contribution is 2.44. The second-order valence-corrected chi connectivity index (χ2v) is 6.53. The average molecular weight is 351 g/mol. The van der Waals surface area contributed by atoms with E-state index in [1.54, 1.807) is 0 Å². The number of Topliss-reactive ketones (excluding diaryl/α,β-unsaturated/α-hetero) is 1. The minimum absolute atomic E-state index is 0.101. The maximum Gasteiger partial charge on any atom is 0.410 e. The molecule has 4 rings (SSSR count). The van der Waals surface area contributed by atoms with E-state index in [1.165, 1.54) is 0 Å². The molecule has 1 aliphatic carbocycles. The van der Waals surface area contributed by atoms with Gasteiger partial charge in [0, 0.05) is 12.3 Å². The first-order valence-corrected chi connectivity index (χ1v) is 8.42. The highest BCUT2D eigenvalue weighted by atomic mass is 16.6. The number of likely N-dealkylation sites (tertiary alicyclic amines) is 1. The lowest BCUT2D eigenvalue weighted by atomic mass is 9.98. The third kappa shape index (κ3) is 2.63. The zero-order valence-corrected chi connectivity index (χ0v) is 13.9. The summed E-state index contributed by atoms with van der Waals surface area (Å²) in [4.78, 5) is 36.2. The van der Waals surface area contributed by atoms with Crippen molar-refractivity contribution in [2.24, 2.45) is 0 Å². The largest absolute Gasteiger partial charge is 0.480 e. The van der Waals surface area contributed by atoms with Crippen LogP contribution in [0.25, 0.3) is 11.1 Å². The van der Waals surface area contributed by atoms with Gasteiger partial charge in [-0.25, -0.2) is 9.59 Å². The smallest absolute Gasteiger partial charge is 0.410 e. The molecule has 6 nitrogen and oxygen atoms in total. The Morgan fingerprint density at radius 1 is 1.04 bits per heavy atom. The summed E-state index contributed by atoms with van der Waals surface area (Å²) in [7, 11) is 0. The van der Waals surface area contributed by atoms with Crippen LogP contribution in [0.3, 0.4) is 0 Å². The lowest BCUT2D eigenvalue weighted by Gasteiger charge is -2.21. The topological polar surface area (TPSA) is 83.9 Å². The number of fused-ring (bicyclic) bond motifs is 3. The highest BCUT2D eigenvalue weighted by Gasteiger charge is 2.40. The fourth-order valence-electron chi connectivity index (χ4n) is 3.78. The van der Waals surface area contributed by atoms with Crippen LogP contribution in [0.5, 0.6) is 0 Å². The van der Waals surface area contributed by atoms with Crippen molar-refractivity contribution in [2.75, 3.05) is 13.2 Å². The molecule has 1 atom stereocenters. The molecule has 1 saturated heterocycles. The zero-order chi connectivity index (χ0) is 18.3. The minimum Gasteiger partial charge on any atom is -0.480 e. The predicted octanol–water partition coefficient (Wildman–Crippen LogP) is 2.66. The standard InChI is InChI=1S/C20H17NO5/c22-12-9-18(19(23)24)21(10-12)20(25)26-11-17-15-7-3-1-5-13(15)14-6-2-4-8-16(14)17/h1-8,17-18H,9-11H2,(H,23,24)/t18-/m0/s1. The van der Waals surface area contributed by atoms with Crippen LogP contribution in [0.1, 0.15) is 23.5 Å². The summed E-state index contributed by atoms with van der Waals surface area (Å²) in [6.07, 6.45) is -0.926. The van der Waals surface area contributed by atoms with Gasteiger partial charge in [-0.15, -0.1) is 0 Å². The van der Waals surface area contributed by atoms with E-state index in [9.17, 15) is 19.5 Å². The Labute approximate surface area is 150 Å². The van der Waals surface area contributed by atoms with Crippen LogP contribution in [-0.2, 0) is 14.3 Å². The molecule has 0 bridgehead atoms. The molecule has 2 aromatic rings. The van der Waals surface area contributed by atoms with Crippen LogP contribution >= 0.6 is 0 Å². The molecule has 2 aliphatic rings. The van der Waals surface area contributed by atoms with E-state index < -0.39 is 18.1 Å². The first kappa shape index (κ1) is 16.3. The van der Waals surface area contributed by atoms with Crippen LogP contribution in [-0.4, -0.2) is 47.0 Å². The summed E-state index contributed by atoms with van der Waals surface area (Å²) >= 11 is 0. The number of carbonyl (C=O) groups excluding carboxylic acids is 2. The summed E-state index contributed by atoms with van der Waals surface area (Å²) < 4.78 is 5.42. The maximum atomic E-state index is 12.4. The Morgan fingerprint density at radius 2 is 1.62 bits per heavy atom. The van der Waals surface area contributed by atoms with E-state index in [0.29, 0.717) is 0 Å². The Balaban J connectivity index is 1.54. The van der Waals surface area contributed by atoms with Crippen molar-refractivity contribution >= 4 is 17.8 Å². The number of rotatable bonds is 3. The number of nitrogens with zero attached hydrogens (tertiary/aromatic N) is 1. The second kappa shape index (κ2) is 6.29. The number of ether oxygens (including phenoxy) is 1. The van der Waals surface area contributed by atoms with Crippen molar-refractivity contribution in [1.29, 1.82) is 0 Å². The van der Waals surface area contributed by atoms with Crippen molar-refractivity contribution < 1.29 is 24.2 Å². The van der Waals surface area contributed by atoms with Crippen LogP contribution in [0, 0.1) is 0 Å². The van der Waals surface area contributed by atoms with Gasteiger partial charge in [-0.3, -0.25) is 9.69 Å². The van der Waals surface area contributed by atoms with Crippen molar-refractivity contribution in [1.82, 2.24) is 4.90 Å². The number of carboxylic acid groups (broad SMARTS) is 1. The van der Waals surface area contributed by atoms with E-state index in [-0.39, 0.29) is 31.3 Å². The molecule has 1 amide bonds. The number of hydrogen-bond acceptors (Lipinski definition) is 4. The number of amides is 1. The molecule has 2 aromatic carbocycles. The third-order valence-corrected chi connectivity index (χ3v) is 5.00. The Morgan fingerprint density at radius 3 is 2.19 bits per heavy atom. The summed E-state index contributed by atoms with van der Waals surface area (Å²) in [5.41, 5.74) is 4.38. The van der Waals surface area contributed by atoms with Crippen molar-refractivity contribution in [2.45, 2.75) is 18.4 Å². The molecule has 6 heteroatoms. The van der Waals surface area contributed by atoms with Crippen LogP contribution < -0.4 is 0 Å². The van der Waals surface area contributed by atoms with Gasteiger partial charge in [0.1, 0.15) is 12.6 Å². The first-order chi connectivity index (χ1) is 12.6. The van der Waals surface area contributed by atoms with Gasteiger partial charge in [-0.2, -0.15) is 0 Å². The van der Waals surface area contributed by atoms with Gasteiger partial charge < -0.3 is 9.84 Å². The second-order valence-electron chi connectivity index (χ2n) is 6.53. The van der Waals surface area contributed by atoms with Crippen LogP contribution in [0.4, 0.5) is 4.79 Å². The molecule has 1 N–H and O–H groups in total. The molecule has 132 valence electrons. The Bertz CT molecular complexity index is 861. The number of benzene rings is 2. The van der Waals surface area contributed by atoms with E-state index in [0.717, 1.165) is 27.2 Å². The van der Waals surface area contributed by atoms with E-state index in [1.807, 2.05) is 48.5 Å². The van der Waals surface area contributed by atoms with Crippen molar-refractivity contribution in [3.63, 3.8) is 0 Å². The zero-order valence-electron chi connectivity index (χ0n) is 13.9. The fraction of sp³-hybridized carbons (Fsp3) is 0.250. The van der Waals surface area contributed by atoms with Gasteiger partial charge in [0.05, 0.1) is 6.54 Å². The molecular weight excluding hydrogens is 334 g/mol. The maximum absolute atomic E-state index is 12.4. The summed E-state index contributed by atoms with van der Waals surface area (Å²) in [5.74, 6) is -1.57. The predicted molar refractivity (Wildman–Crippen MR) is 92.8 cm³/mol. The molecule has 1 aliphatic heterocycles. The molecule has 0 spiro atoms. The summed E-state index contributed by atoms with van der Waals surface area (Å²) in [5, 5.41) is 9.19. The quantitative estimate of drug-likeness (QED) is 0.919. The van der Waals surface area contributed by atoms with Gasteiger partial charge in [0.25, 0.3) is 0 Å². The van der Waals surface area contributed by atoms with Crippen molar-refractivity contribution in [3.8, 4) is 11.1 Å². The van der Waals surface area contributed by atoms with E-state index in [4.69, 9.17) is 4.74 Å². The third-order valence-electron chi connectivity index (χ3n) is 5.00. The van der Waals surface area contributed by atoms with E-state index in [2.05, 4.69) is 0 Å². The lowest BCUT2D eigenvalue weighted by molar-refractivity contribution is -0.141. The SMILES string of the molecule is O=C1C[C@@H](C(=O)O)N(C(=O)OCC2c3ccccc3-c3ccccc32)C1. The van der Waals surface area contributed by atoms with Crippen molar-refractivity contribution in [3.05, 3.63) is 59.7 Å². The number of hydrogen-bond donors (Lipinski definition) is 1. The molecule has 0 saturated carbocycles. The van der Waals surface area contributed by atoms with Gasteiger partial charge in [0.2, 0.25) is 0 Å². The molecule has 0 aromatic heterocycles. The number of carboxylic acids is 1.